The molecule has 2 fully saturated rings. The Morgan fingerprint density at radius 3 is 2.80 bits per heavy atom. The molecule has 5 nitrogen and oxygen atoms in total. The molecule has 2 N–H and O–H groups in total. The normalized spacial score (nSPS) is 25.1. The summed E-state index contributed by atoms with van der Waals surface area (Å²) in [6.45, 7) is 4.02. The van der Waals surface area contributed by atoms with Crippen molar-refractivity contribution in [3.8, 4) is 0 Å². The number of likely N-dealkylation sites (N-methyl/N-ethyl adjacent to an activating group) is 1. The summed E-state index contributed by atoms with van der Waals surface area (Å²) >= 11 is 7.40. The van der Waals surface area contributed by atoms with Gasteiger partial charge in [0.1, 0.15) is 0 Å². The summed E-state index contributed by atoms with van der Waals surface area (Å²) in [5, 5.41) is 5.97. The quantitative estimate of drug-likeness (QED) is 0.758. The van der Waals surface area contributed by atoms with Gasteiger partial charge in [-0.2, -0.15) is 0 Å². The lowest BCUT2D eigenvalue weighted by molar-refractivity contribution is -0.115. The van der Waals surface area contributed by atoms with E-state index in [1.807, 2.05) is 25.2 Å². The number of thioether (sulfide) groups is 1. The van der Waals surface area contributed by atoms with Gasteiger partial charge in [0, 0.05) is 24.7 Å². The second kappa shape index (κ2) is 8.45. The van der Waals surface area contributed by atoms with Gasteiger partial charge in [-0.25, -0.2) is 0 Å². The number of anilines is 1. The Balaban J connectivity index is 0.00000225. The van der Waals surface area contributed by atoms with Crippen molar-refractivity contribution in [2.24, 2.45) is 5.92 Å². The molecule has 0 bridgehead atoms. The van der Waals surface area contributed by atoms with E-state index in [1.54, 1.807) is 6.08 Å². The van der Waals surface area contributed by atoms with Gasteiger partial charge in [0.25, 0.3) is 11.1 Å². The summed E-state index contributed by atoms with van der Waals surface area (Å²) in [5.41, 5.74) is 1.78. The molecule has 0 radical (unpaired) electrons. The number of carbonyl (C=O) groups is 2. The molecule has 2 atom stereocenters. The first kappa shape index (κ1) is 20.1. The van der Waals surface area contributed by atoms with E-state index in [2.05, 4.69) is 22.5 Å². The van der Waals surface area contributed by atoms with Crippen molar-refractivity contribution in [3.05, 3.63) is 33.7 Å². The molecule has 2 amide bonds. The first-order chi connectivity index (χ1) is 11.5. The fourth-order valence-corrected chi connectivity index (χ4v) is 4.17. The standard InChI is InChI=1S/C17H20ClN3O2S.ClH/c1-10-6-7-21(9-13(10)19-2)15-11(4-3-5-12(15)18)8-14-16(22)20-17(23)24-14;/h3-5,8,10,13,19H,6-7,9H2,1-2H3,(H,20,22,23);1H/b14-8+;. The lowest BCUT2D eigenvalue weighted by atomic mass is 9.93. The molecule has 2 aliphatic heterocycles. The number of nitrogens with one attached hydrogen (secondary N) is 2. The predicted octanol–water partition coefficient (Wildman–Crippen LogP) is 3.52. The maximum absolute atomic E-state index is 11.8. The maximum Gasteiger partial charge on any atom is 0.290 e. The molecule has 8 heteroatoms. The third-order valence-corrected chi connectivity index (χ3v) is 5.71. The molecule has 1 aromatic rings. The van der Waals surface area contributed by atoms with Crippen LogP contribution in [0.15, 0.2) is 23.1 Å². The van der Waals surface area contributed by atoms with E-state index in [-0.39, 0.29) is 23.6 Å². The van der Waals surface area contributed by atoms with Crippen LogP contribution in [0.3, 0.4) is 0 Å². The average molecular weight is 402 g/mol. The zero-order valence-electron chi connectivity index (χ0n) is 14.0. The van der Waals surface area contributed by atoms with Crippen molar-refractivity contribution in [1.29, 1.82) is 0 Å². The zero-order chi connectivity index (χ0) is 17.3. The second-order valence-electron chi connectivity index (χ2n) is 6.14. The van der Waals surface area contributed by atoms with Gasteiger partial charge in [-0.3, -0.25) is 14.9 Å². The molecule has 0 aliphatic carbocycles. The SMILES string of the molecule is CNC1CN(c2c(Cl)cccc2/C=C2/SC(=O)NC2=O)CCC1C.Cl. The number of halogens is 2. The molecule has 2 aliphatic rings. The predicted molar refractivity (Wildman–Crippen MR) is 107 cm³/mol. The number of piperidine rings is 1. The van der Waals surface area contributed by atoms with Crippen LogP contribution in [0.1, 0.15) is 18.9 Å². The van der Waals surface area contributed by atoms with E-state index in [4.69, 9.17) is 11.6 Å². The first-order valence-corrected chi connectivity index (χ1v) is 9.14. The van der Waals surface area contributed by atoms with Crippen molar-refractivity contribution in [2.45, 2.75) is 19.4 Å². The van der Waals surface area contributed by atoms with Crippen LogP contribution in [0, 0.1) is 5.92 Å². The Morgan fingerprint density at radius 2 is 2.16 bits per heavy atom. The Bertz CT molecular complexity index is 711. The number of para-hydroxylation sites is 1. The van der Waals surface area contributed by atoms with Crippen LogP contribution in [0.5, 0.6) is 0 Å². The van der Waals surface area contributed by atoms with E-state index >= 15 is 0 Å². The van der Waals surface area contributed by atoms with E-state index in [1.165, 1.54) is 0 Å². The number of carbonyl (C=O) groups excluding carboxylic acids is 2. The largest absolute Gasteiger partial charge is 0.368 e. The van der Waals surface area contributed by atoms with Crippen LogP contribution in [0.25, 0.3) is 6.08 Å². The molecule has 136 valence electrons. The molecule has 2 heterocycles. The number of nitrogens with zero attached hydrogens (tertiary/aromatic N) is 1. The molecule has 25 heavy (non-hydrogen) atoms. The number of rotatable bonds is 3. The van der Waals surface area contributed by atoms with Crippen LogP contribution in [-0.4, -0.2) is 37.3 Å². The van der Waals surface area contributed by atoms with Crippen molar-refractivity contribution < 1.29 is 9.59 Å². The molecule has 1 aromatic carbocycles. The fourth-order valence-electron chi connectivity index (χ4n) is 3.19. The number of imide groups is 1. The number of amides is 2. The van der Waals surface area contributed by atoms with Gasteiger partial charge in [0.05, 0.1) is 15.6 Å². The van der Waals surface area contributed by atoms with E-state index in [0.717, 1.165) is 42.5 Å². The highest BCUT2D eigenvalue weighted by molar-refractivity contribution is 8.18. The Hall–Kier alpha value is -1.21. The van der Waals surface area contributed by atoms with Gasteiger partial charge in [0.2, 0.25) is 0 Å². The van der Waals surface area contributed by atoms with Crippen LogP contribution in [-0.2, 0) is 4.79 Å². The fraction of sp³-hybridized carbons (Fsp3) is 0.412. The highest BCUT2D eigenvalue weighted by atomic mass is 35.5. The smallest absolute Gasteiger partial charge is 0.290 e. The summed E-state index contributed by atoms with van der Waals surface area (Å²) in [5.74, 6) is 0.251. The minimum atomic E-state index is -0.351. The summed E-state index contributed by atoms with van der Waals surface area (Å²) in [6.07, 6.45) is 2.82. The van der Waals surface area contributed by atoms with Gasteiger partial charge < -0.3 is 10.2 Å². The molecule has 2 saturated heterocycles. The van der Waals surface area contributed by atoms with Crippen LogP contribution >= 0.6 is 35.8 Å². The van der Waals surface area contributed by atoms with Gasteiger partial charge in [0.15, 0.2) is 0 Å². The lowest BCUT2D eigenvalue weighted by Gasteiger charge is -2.39. The minimum absolute atomic E-state index is 0. The molecular weight excluding hydrogens is 381 g/mol. The van der Waals surface area contributed by atoms with E-state index in [9.17, 15) is 9.59 Å². The van der Waals surface area contributed by atoms with Crippen LogP contribution in [0.2, 0.25) is 5.02 Å². The van der Waals surface area contributed by atoms with Crippen LogP contribution < -0.4 is 15.5 Å². The Kier molecular flexibility index (Phi) is 6.79. The maximum atomic E-state index is 11.8. The number of benzene rings is 1. The van der Waals surface area contributed by atoms with Crippen molar-refractivity contribution >= 4 is 58.7 Å². The van der Waals surface area contributed by atoms with Crippen LogP contribution in [0.4, 0.5) is 10.5 Å². The third kappa shape index (κ3) is 4.31. The third-order valence-electron chi connectivity index (χ3n) is 4.59. The number of hydrogen-bond acceptors (Lipinski definition) is 5. The van der Waals surface area contributed by atoms with Crippen molar-refractivity contribution in [3.63, 3.8) is 0 Å². The lowest BCUT2D eigenvalue weighted by Crippen LogP contribution is -2.49. The summed E-state index contributed by atoms with van der Waals surface area (Å²) in [4.78, 5) is 25.9. The summed E-state index contributed by atoms with van der Waals surface area (Å²) in [7, 11) is 1.98. The Morgan fingerprint density at radius 1 is 1.40 bits per heavy atom. The van der Waals surface area contributed by atoms with Crippen molar-refractivity contribution in [2.75, 3.05) is 25.0 Å². The van der Waals surface area contributed by atoms with Crippen molar-refractivity contribution in [1.82, 2.24) is 10.6 Å². The van der Waals surface area contributed by atoms with E-state index < -0.39 is 0 Å². The monoisotopic (exact) mass is 401 g/mol. The molecular formula is C17H21Cl2N3O2S. The molecule has 0 aromatic heterocycles. The average Bonchev–Trinajstić information content (AvgIpc) is 2.86. The molecule has 3 rings (SSSR count). The minimum Gasteiger partial charge on any atom is -0.368 e. The molecule has 2 unspecified atom stereocenters. The summed E-state index contributed by atoms with van der Waals surface area (Å²) in [6, 6.07) is 6.04. The first-order valence-electron chi connectivity index (χ1n) is 7.95. The second-order valence-corrected chi connectivity index (χ2v) is 7.56. The van der Waals surface area contributed by atoms with Gasteiger partial charge >= 0.3 is 0 Å². The van der Waals surface area contributed by atoms with Gasteiger partial charge in [-0.05, 0) is 43.3 Å². The van der Waals surface area contributed by atoms with Gasteiger partial charge in [-0.1, -0.05) is 30.7 Å². The van der Waals surface area contributed by atoms with Gasteiger partial charge in [-0.15, -0.1) is 12.4 Å². The number of hydrogen-bond donors (Lipinski definition) is 2. The zero-order valence-corrected chi connectivity index (χ0v) is 16.4. The Labute approximate surface area is 163 Å². The highest BCUT2D eigenvalue weighted by Crippen LogP contribution is 2.36. The molecule has 0 spiro atoms. The molecule has 0 saturated carbocycles. The van der Waals surface area contributed by atoms with E-state index in [0.29, 0.717) is 21.9 Å². The highest BCUT2D eigenvalue weighted by Gasteiger charge is 2.29. The summed E-state index contributed by atoms with van der Waals surface area (Å²) < 4.78 is 0. The topological polar surface area (TPSA) is 61.4 Å².